The van der Waals surface area contributed by atoms with E-state index in [2.05, 4.69) is 20.8 Å². The second kappa shape index (κ2) is 8.80. The van der Waals surface area contributed by atoms with E-state index >= 15 is 0 Å². The van der Waals surface area contributed by atoms with Gasteiger partial charge in [0, 0.05) is 12.0 Å². The number of hydrogen-bond acceptors (Lipinski definition) is 6. The molecule has 7 heteroatoms. The second-order valence-corrected chi connectivity index (χ2v) is 11.8. The van der Waals surface area contributed by atoms with Crippen LogP contribution in [0.25, 0.3) is 10.8 Å². The van der Waals surface area contributed by atoms with Crippen molar-refractivity contribution in [1.29, 1.82) is 0 Å². The van der Waals surface area contributed by atoms with Gasteiger partial charge in [0.15, 0.2) is 15.1 Å². The summed E-state index contributed by atoms with van der Waals surface area (Å²) >= 11 is 0. The Morgan fingerprint density at radius 2 is 1.94 bits per heavy atom. The van der Waals surface area contributed by atoms with Gasteiger partial charge in [0.05, 0.1) is 31.8 Å². The molecule has 3 rings (SSSR count). The van der Waals surface area contributed by atoms with Crippen molar-refractivity contribution < 1.29 is 28.5 Å². The number of aromatic hydroxyl groups is 1. The number of hydrogen-bond donors (Lipinski definition) is 1. The van der Waals surface area contributed by atoms with Gasteiger partial charge in [-0.3, -0.25) is 0 Å². The number of benzene rings is 2. The molecule has 1 aliphatic heterocycles. The van der Waals surface area contributed by atoms with Crippen LogP contribution in [0.4, 0.5) is 0 Å². The molecule has 3 unspecified atom stereocenters. The van der Waals surface area contributed by atoms with Crippen molar-refractivity contribution in [2.24, 2.45) is 0 Å². The normalized spacial score (nSPS) is 19.9. The van der Waals surface area contributed by atoms with Crippen LogP contribution in [0.1, 0.15) is 50.5 Å². The number of methoxy groups -OCH3 is 2. The number of ether oxygens (including phenoxy) is 3. The summed E-state index contributed by atoms with van der Waals surface area (Å²) in [6.07, 6.45) is -1.25. The Morgan fingerprint density at radius 3 is 2.48 bits per heavy atom. The van der Waals surface area contributed by atoms with E-state index in [0.29, 0.717) is 17.6 Å². The van der Waals surface area contributed by atoms with E-state index in [0.717, 1.165) is 22.1 Å². The predicted octanol–water partition coefficient (Wildman–Crippen LogP) is 4.40. The first-order valence-electron chi connectivity index (χ1n) is 10.7. The summed E-state index contributed by atoms with van der Waals surface area (Å²) < 4.78 is 22.9. The fraction of sp³-hybridized carbons (Fsp3) is 0.542. The van der Waals surface area contributed by atoms with Crippen molar-refractivity contribution >= 4 is 25.8 Å². The molecule has 6 nitrogen and oxygen atoms in total. The molecule has 31 heavy (non-hydrogen) atoms. The molecule has 0 spiro atoms. The first kappa shape index (κ1) is 23.6. The maximum absolute atomic E-state index is 12.5. The standard InChI is InChI=1S/C24H34O6Si/c1-13-18-15(12-17(29-13)22(23(26)28-6)30-31(7)8)20(24(2,3)4)14-10-9-11-16(27-5)19(14)21(18)25/h9-11,13,17,22,25,31H,12H2,1-8H3. The van der Waals surface area contributed by atoms with E-state index in [1.165, 1.54) is 7.11 Å². The number of fused-ring (bicyclic) bond motifs is 2. The zero-order chi connectivity index (χ0) is 23.1. The number of carbonyl (C=O) groups is 1. The van der Waals surface area contributed by atoms with Crippen molar-refractivity contribution in [2.45, 2.75) is 70.9 Å². The summed E-state index contributed by atoms with van der Waals surface area (Å²) in [4.78, 5) is 12.5. The SMILES string of the molecule is COC(=O)C(O[SiH](C)C)C1Cc2c(c(O)c3c(OC)cccc3c2C(C)(C)C)C(C)O1. The molecule has 2 aromatic carbocycles. The average Bonchev–Trinajstić information content (AvgIpc) is 2.69. The van der Waals surface area contributed by atoms with Crippen molar-refractivity contribution in [3.8, 4) is 11.5 Å². The van der Waals surface area contributed by atoms with Crippen LogP contribution in [0.5, 0.6) is 11.5 Å². The van der Waals surface area contributed by atoms with Gasteiger partial charge in [-0.2, -0.15) is 0 Å². The largest absolute Gasteiger partial charge is 0.507 e. The summed E-state index contributed by atoms with van der Waals surface area (Å²) in [6.45, 7) is 12.4. The third kappa shape index (κ3) is 4.31. The van der Waals surface area contributed by atoms with E-state index in [1.807, 2.05) is 38.2 Å². The average molecular weight is 447 g/mol. The minimum Gasteiger partial charge on any atom is -0.507 e. The van der Waals surface area contributed by atoms with Crippen LogP contribution in [-0.4, -0.2) is 46.5 Å². The third-order valence-corrected chi connectivity index (χ3v) is 6.60. The van der Waals surface area contributed by atoms with E-state index in [1.54, 1.807) is 7.11 Å². The molecular formula is C24H34O6Si. The lowest BCUT2D eigenvalue weighted by Crippen LogP contribution is -2.45. The number of esters is 1. The molecule has 0 aromatic heterocycles. The lowest BCUT2D eigenvalue weighted by Gasteiger charge is -2.38. The molecule has 0 aliphatic carbocycles. The predicted molar refractivity (Wildman–Crippen MR) is 124 cm³/mol. The van der Waals surface area contributed by atoms with Crippen molar-refractivity contribution in [3.05, 3.63) is 34.9 Å². The summed E-state index contributed by atoms with van der Waals surface area (Å²) in [7, 11) is 1.44. The third-order valence-electron chi connectivity index (χ3n) is 5.76. The Kier molecular flexibility index (Phi) is 6.69. The highest BCUT2D eigenvalue weighted by atomic mass is 28.3. The molecular weight excluding hydrogens is 412 g/mol. The Hall–Kier alpha value is -2.09. The van der Waals surface area contributed by atoms with Crippen LogP contribution >= 0.6 is 0 Å². The van der Waals surface area contributed by atoms with Crippen LogP contribution in [0.15, 0.2) is 18.2 Å². The molecule has 2 aromatic rings. The van der Waals surface area contributed by atoms with Gasteiger partial charge in [-0.15, -0.1) is 0 Å². The van der Waals surface area contributed by atoms with Crippen molar-refractivity contribution in [3.63, 3.8) is 0 Å². The Bertz CT molecular complexity index is 978. The fourth-order valence-electron chi connectivity index (χ4n) is 4.70. The van der Waals surface area contributed by atoms with Gasteiger partial charge in [-0.05, 0) is 48.0 Å². The quantitative estimate of drug-likeness (QED) is 0.542. The van der Waals surface area contributed by atoms with Crippen LogP contribution in [0, 0.1) is 0 Å². The lowest BCUT2D eigenvalue weighted by molar-refractivity contribution is -0.161. The highest BCUT2D eigenvalue weighted by Gasteiger charge is 2.41. The summed E-state index contributed by atoms with van der Waals surface area (Å²) in [5.41, 5.74) is 2.68. The molecule has 0 radical (unpaired) electrons. The molecule has 1 aliphatic rings. The number of phenols is 1. The van der Waals surface area contributed by atoms with Crippen LogP contribution < -0.4 is 4.74 Å². The summed E-state index contributed by atoms with van der Waals surface area (Å²) in [5, 5.41) is 13.0. The zero-order valence-electron chi connectivity index (χ0n) is 19.7. The molecule has 0 bridgehead atoms. The maximum atomic E-state index is 12.5. The number of rotatable bonds is 5. The van der Waals surface area contributed by atoms with E-state index in [4.69, 9.17) is 18.6 Å². The molecule has 0 fully saturated rings. The topological polar surface area (TPSA) is 74.2 Å². The van der Waals surface area contributed by atoms with Crippen molar-refractivity contribution in [1.82, 2.24) is 0 Å². The smallest absolute Gasteiger partial charge is 0.336 e. The van der Waals surface area contributed by atoms with E-state index < -0.39 is 33.3 Å². The molecule has 0 amide bonds. The summed E-state index contributed by atoms with van der Waals surface area (Å²) in [5.74, 6) is 0.375. The fourth-order valence-corrected chi connectivity index (χ4v) is 5.57. The number of carbonyl (C=O) groups excluding carboxylic acids is 1. The van der Waals surface area contributed by atoms with Gasteiger partial charge in [0.1, 0.15) is 11.5 Å². The van der Waals surface area contributed by atoms with Gasteiger partial charge in [-0.25, -0.2) is 4.79 Å². The van der Waals surface area contributed by atoms with Crippen LogP contribution in [-0.2, 0) is 30.5 Å². The highest BCUT2D eigenvalue weighted by Crippen LogP contribution is 2.49. The Morgan fingerprint density at radius 1 is 1.26 bits per heavy atom. The van der Waals surface area contributed by atoms with Gasteiger partial charge >= 0.3 is 5.97 Å². The monoisotopic (exact) mass is 446 g/mol. The molecule has 1 heterocycles. The van der Waals surface area contributed by atoms with E-state index in [9.17, 15) is 9.90 Å². The Balaban J connectivity index is 2.27. The minimum absolute atomic E-state index is 0.176. The first-order chi connectivity index (χ1) is 14.5. The highest BCUT2D eigenvalue weighted by molar-refractivity contribution is 6.48. The molecule has 0 saturated carbocycles. The summed E-state index contributed by atoms with van der Waals surface area (Å²) in [6, 6.07) is 5.81. The molecule has 0 saturated heterocycles. The minimum atomic E-state index is -1.53. The molecule has 170 valence electrons. The van der Waals surface area contributed by atoms with Crippen LogP contribution in [0.2, 0.25) is 13.1 Å². The molecule has 3 atom stereocenters. The van der Waals surface area contributed by atoms with Crippen LogP contribution in [0.3, 0.4) is 0 Å². The molecule has 1 N–H and O–H groups in total. The van der Waals surface area contributed by atoms with Gasteiger partial charge in [0.2, 0.25) is 0 Å². The van der Waals surface area contributed by atoms with Gasteiger partial charge in [0.25, 0.3) is 0 Å². The lowest BCUT2D eigenvalue weighted by atomic mass is 9.75. The first-order valence-corrected chi connectivity index (χ1v) is 13.5. The number of phenolic OH excluding ortho intramolecular Hbond substituents is 1. The maximum Gasteiger partial charge on any atom is 0.336 e. The second-order valence-electron chi connectivity index (χ2n) is 9.40. The van der Waals surface area contributed by atoms with Gasteiger partial charge in [-0.1, -0.05) is 32.9 Å². The van der Waals surface area contributed by atoms with E-state index in [-0.39, 0.29) is 11.2 Å². The Labute approximate surface area is 186 Å². The van der Waals surface area contributed by atoms with Crippen molar-refractivity contribution in [2.75, 3.05) is 14.2 Å². The van der Waals surface area contributed by atoms with Gasteiger partial charge < -0.3 is 23.7 Å². The zero-order valence-corrected chi connectivity index (χ0v) is 20.9.